The molecule has 6 heteroatoms. The molecule has 0 bridgehead atoms. The maximum atomic E-state index is 11.8. The molecule has 1 saturated heterocycles. The van der Waals surface area contributed by atoms with Crippen LogP contribution in [0.25, 0.3) is 0 Å². The van der Waals surface area contributed by atoms with Crippen LogP contribution in [-0.2, 0) is 9.53 Å². The summed E-state index contributed by atoms with van der Waals surface area (Å²) in [5.41, 5.74) is 0. The van der Waals surface area contributed by atoms with Crippen molar-refractivity contribution in [3.63, 3.8) is 0 Å². The highest BCUT2D eigenvalue weighted by atomic mass is 19.3. The molecule has 0 N–H and O–H groups in total. The summed E-state index contributed by atoms with van der Waals surface area (Å²) in [4.78, 5) is 13.3. The van der Waals surface area contributed by atoms with Crippen molar-refractivity contribution >= 4 is 5.91 Å². The molecule has 1 fully saturated rings. The fourth-order valence-electron chi connectivity index (χ4n) is 1.80. The van der Waals surface area contributed by atoms with Crippen LogP contribution in [0.2, 0.25) is 0 Å². The first-order valence-corrected chi connectivity index (χ1v) is 5.66. The van der Waals surface area contributed by atoms with E-state index in [1.165, 1.54) is 0 Å². The Morgan fingerprint density at radius 1 is 1.59 bits per heavy atom. The van der Waals surface area contributed by atoms with Gasteiger partial charge in [0.25, 0.3) is 6.43 Å². The van der Waals surface area contributed by atoms with Gasteiger partial charge in [-0.15, -0.1) is 0 Å². The van der Waals surface area contributed by atoms with Gasteiger partial charge in [0.05, 0.1) is 25.0 Å². The van der Waals surface area contributed by atoms with Gasteiger partial charge in [-0.1, -0.05) is 0 Å². The van der Waals surface area contributed by atoms with Gasteiger partial charge in [-0.3, -0.25) is 4.79 Å². The molecular formula is C11H16F2N2O2. The van der Waals surface area contributed by atoms with Crippen LogP contribution in [0, 0.1) is 17.2 Å². The summed E-state index contributed by atoms with van der Waals surface area (Å²) in [5.74, 6) is -0.228. The van der Waals surface area contributed by atoms with Gasteiger partial charge in [0.15, 0.2) is 0 Å². The first-order valence-electron chi connectivity index (χ1n) is 5.66. The number of halogens is 2. The Hall–Kier alpha value is -1.22. The molecule has 1 aliphatic heterocycles. The fraction of sp³-hybridized carbons (Fsp3) is 0.818. The van der Waals surface area contributed by atoms with Crippen LogP contribution in [0.15, 0.2) is 0 Å². The molecule has 1 heterocycles. The molecule has 1 amide bonds. The van der Waals surface area contributed by atoms with E-state index >= 15 is 0 Å². The van der Waals surface area contributed by atoms with Crippen LogP contribution in [0.3, 0.4) is 0 Å². The van der Waals surface area contributed by atoms with Gasteiger partial charge in [0, 0.05) is 13.1 Å². The third-order valence-electron chi connectivity index (χ3n) is 2.66. The molecule has 0 aromatic rings. The Morgan fingerprint density at radius 2 is 2.35 bits per heavy atom. The van der Waals surface area contributed by atoms with E-state index in [0.717, 1.165) is 12.8 Å². The first-order chi connectivity index (χ1) is 8.13. The van der Waals surface area contributed by atoms with Crippen LogP contribution < -0.4 is 0 Å². The molecule has 0 aromatic heterocycles. The zero-order chi connectivity index (χ0) is 12.7. The summed E-state index contributed by atoms with van der Waals surface area (Å²) in [5, 5.41) is 8.77. The van der Waals surface area contributed by atoms with E-state index in [0.29, 0.717) is 13.1 Å². The third-order valence-corrected chi connectivity index (χ3v) is 2.66. The zero-order valence-electron chi connectivity index (χ0n) is 9.57. The topological polar surface area (TPSA) is 53.3 Å². The summed E-state index contributed by atoms with van der Waals surface area (Å²) in [7, 11) is 0. The first kappa shape index (κ1) is 13.8. The largest absolute Gasteiger partial charge is 0.375 e. The Balaban J connectivity index is 2.21. The van der Waals surface area contributed by atoms with Crippen LogP contribution in [0.5, 0.6) is 0 Å². The number of likely N-dealkylation sites (tertiary alicyclic amines) is 1. The standard InChI is InChI=1S/C11H16F2N2O2/c12-10(13)8-17-5-3-11(16)15-4-1-2-9(6-14)7-15/h9-10H,1-5,7-8H2. The van der Waals surface area contributed by atoms with Crippen LogP contribution >= 0.6 is 0 Å². The summed E-state index contributed by atoms with van der Waals surface area (Å²) >= 11 is 0. The van der Waals surface area contributed by atoms with Gasteiger partial charge >= 0.3 is 0 Å². The Kier molecular flexibility index (Phi) is 5.84. The summed E-state index contributed by atoms with van der Waals surface area (Å²) in [6, 6.07) is 2.15. The minimum atomic E-state index is -2.50. The van der Waals surface area contributed by atoms with E-state index in [4.69, 9.17) is 5.26 Å². The molecule has 0 aliphatic carbocycles. The van der Waals surface area contributed by atoms with Gasteiger partial charge in [-0.2, -0.15) is 5.26 Å². The molecular weight excluding hydrogens is 230 g/mol. The van der Waals surface area contributed by atoms with E-state index in [9.17, 15) is 13.6 Å². The second-order valence-corrected chi connectivity index (χ2v) is 4.02. The predicted octanol–water partition coefficient (Wildman–Crippen LogP) is 1.42. The highest BCUT2D eigenvalue weighted by Gasteiger charge is 2.22. The van der Waals surface area contributed by atoms with Crippen LogP contribution in [-0.4, -0.2) is 43.5 Å². The SMILES string of the molecule is N#CC1CCCN(C(=O)CCOCC(F)F)C1. The third kappa shape index (κ3) is 5.09. The Bertz CT molecular complexity index is 292. The van der Waals surface area contributed by atoms with Crippen molar-refractivity contribution < 1.29 is 18.3 Å². The highest BCUT2D eigenvalue weighted by Crippen LogP contribution is 2.16. The number of rotatable bonds is 5. The van der Waals surface area contributed by atoms with Gasteiger partial charge in [-0.05, 0) is 12.8 Å². The van der Waals surface area contributed by atoms with Gasteiger partial charge in [0.1, 0.15) is 6.61 Å². The average Bonchev–Trinajstić information content (AvgIpc) is 2.34. The Labute approximate surface area is 99.1 Å². The highest BCUT2D eigenvalue weighted by molar-refractivity contribution is 5.76. The van der Waals surface area contributed by atoms with Gasteiger partial charge in [-0.25, -0.2) is 8.78 Å². The molecule has 4 nitrogen and oxygen atoms in total. The number of carbonyl (C=O) groups excluding carboxylic acids is 1. The number of alkyl halides is 2. The smallest absolute Gasteiger partial charge is 0.261 e. The normalized spacial score (nSPS) is 20.4. The number of nitrogens with zero attached hydrogens (tertiary/aromatic N) is 2. The lowest BCUT2D eigenvalue weighted by atomic mass is 9.99. The minimum Gasteiger partial charge on any atom is -0.375 e. The van der Waals surface area contributed by atoms with E-state index in [-0.39, 0.29) is 24.9 Å². The molecule has 1 unspecified atom stereocenters. The second kappa shape index (κ2) is 7.17. The van der Waals surface area contributed by atoms with Crippen molar-refractivity contribution in [2.24, 2.45) is 5.92 Å². The number of ether oxygens (including phenoxy) is 1. The lowest BCUT2D eigenvalue weighted by Gasteiger charge is -2.29. The predicted molar refractivity (Wildman–Crippen MR) is 56.4 cm³/mol. The molecule has 1 atom stereocenters. The maximum absolute atomic E-state index is 11.8. The second-order valence-electron chi connectivity index (χ2n) is 4.02. The minimum absolute atomic E-state index is 0.0108. The molecule has 0 saturated carbocycles. The summed E-state index contributed by atoms with van der Waals surface area (Å²) in [6.07, 6.45) is -0.752. The van der Waals surface area contributed by atoms with Crippen molar-refractivity contribution in [2.45, 2.75) is 25.7 Å². The van der Waals surface area contributed by atoms with Gasteiger partial charge in [0.2, 0.25) is 5.91 Å². The van der Waals surface area contributed by atoms with Crippen molar-refractivity contribution in [1.82, 2.24) is 4.90 Å². The number of amides is 1. The van der Waals surface area contributed by atoms with E-state index in [2.05, 4.69) is 10.8 Å². The summed E-state index contributed by atoms with van der Waals surface area (Å²) in [6.45, 7) is 0.473. The maximum Gasteiger partial charge on any atom is 0.261 e. The molecule has 0 radical (unpaired) electrons. The fourth-order valence-corrected chi connectivity index (χ4v) is 1.80. The molecule has 1 rings (SSSR count). The van der Waals surface area contributed by atoms with E-state index in [1.54, 1.807) is 4.90 Å². The van der Waals surface area contributed by atoms with E-state index < -0.39 is 13.0 Å². The monoisotopic (exact) mass is 246 g/mol. The molecule has 0 aromatic carbocycles. The van der Waals surface area contributed by atoms with Crippen LogP contribution in [0.1, 0.15) is 19.3 Å². The molecule has 1 aliphatic rings. The quantitative estimate of drug-likeness (QED) is 0.689. The van der Waals surface area contributed by atoms with Gasteiger partial charge < -0.3 is 9.64 Å². The zero-order valence-corrected chi connectivity index (χ0v) is 9.57. The number of nitriles is 1. The van der Waals surface area contributed by atoms with Crippen molar-refractivity contribution in [3.8, 4) is 6.07 Å². The number of hydrogen-bond acceptors (Lipinski definition) is 3. The lowest BCUT2D eigenvalue weighted by Crippen LogP contribution is -2.39. The van der Waals surface area contributed by atoms with Crippen molar-refractivity contribution in [3.05, 3.63) is 0 Å². The van der Waals surface area contributed by atoms with Crippen LogP contribution in [0.4, 0.5) is 8.78 Å². The van der Waals surface area contributed by atoms with E-state index in [1.807, 2.05) is 0 Å². The van der Waals surface area contributed by atoms with Crippen molar-refractivity contribution in [1.29, 1.82) is 5.26 Å². The molecule has 17 heavy (non-hydrogen) atoms. The molecule has 0 spiro atoms. The van der Waals surface area contributed by atoms with Crippen molar-refractivity contribution in [2.75, 3.05) is 26.3 Å². The number of hydrogen-bond donors (Lipinski definition) is 0. The molecule has 96 valence electrons. The summed E-state index contributed by atoms with van der Waals surface area (Å²) < 4.78 is 28.2. The number of carbonyl (C=O) groups is 1. The number of piperidine rings is 1. The Morgan fingerprint density at radius 3 is 3.00 bits per heavy atom. The average molecular weight is 246 g/mol. The lowest BCUT2D eigenvalue weighted by molar-refractivity contribution is -0.134.